The molecule has 4 aromatic heterocycles. The van der Waals surface area contributed by atoms with Gasteiger partial charge in [0.1, 0.15) is 23.2 Å². The van der Waals surface area contributed by atoms with E-state index in [1.165, 1.54) is 34.2 Å². The number of benzene rings is 1. The van der Waals surface area contributed by atoms with Crippen LogP contribution >= 0.6 is 22.9 Å². The maximum Gasteiger partial charge on any atom is 0.333 e. The molecule has 54 heavy (non-hydrogen) atoms. The smallest absolute Gasteiger partial charge is 0.333 e. The summed E-state index contributed by atoms with van der Waals surface area (Å²) in [7, 11) is -3.95. The molecule has 2 N–H and O–H groups in total. The van der Waals surface area contributed by atoms with Crippen molar-refractivity contribution in [2.24, 2.45) is 16.8 Å². The van der Waals surface area contributed by atoms with Gasteiger partial charge in [0.2, 0.25) is 10.0 Å². The Labute approximate surface area is 316 Å². The molecular weight excluding hydrogens is 765 g/mol. The van der Waals surface area contributed by atoms with Crippen molar-refractivity contribution in [3.8, 4) is 5.82 Å². The van der Waals surface area contributed by atoms with Crippen LogP contribution in [0.5, 0.6) is 0 Å². The van der Waals surface area contributed by atoms with Crippen molar-refractivity contribution in [1.82, 2.24) is 44.4 Å². The Hall–Kier alpha value is -4.49. The molecule has 5 aromatic rings. The summed E-state index contributed by atoms with van der Waals surface area (Å²) < 4.78 is 75.6. The third-order valence-electron chi connectivity index (χ3n) is 10.8. The number of amidine groups is 1. The monoisotopic (exact) mass is 796 g/mol. The number of halogens is 4. The molecule has 0 radical (unpaired) electrons. The van der Waals surface area contributed by atoms with Gasteiger partial charge in [-0.1, -0.05) is 28.9 Å². The number of nitrogens with one attached hydrogen (secondary N) is 1. The Balaban J connectivity index is 1.03. The number of sulfonamides is 1. The predicted octanol–water partition coefficient (Wildman–Crippen LogP) is 5.49. The van der Waals surface area contributed by atoms with E-state index in [1.54, 1.807) is 36.1 Å². The summed E-state index contributed by atoms with van der Waals surface area (Å²) in [4.78, 5) is 15.7. The topological polar surface area (TPSA) is 156 Å². The van der Waals surface area contributed by atoms with E-state index in [-0.39, 0.29) is 48.4 Å². The Kier molecular flexibility index (Phi) is 8.72. The third kappa shape index (κ3) is 6.13. The first-order valence-corrected chi connectivity index (χ1v) is 20.1. The Bertz CT molecular complexity index is 2370. The number of hydrogen-bond donors (Lipinski definition) is 2. The van der Waals surface area contributed by atoms with Gasteiger partial charge < -0.3 is 10.0 Å². The highest BCUT2D eigenvalue weighted by atomic mass is 35.5. The lowest BCUT2D eigenvalue weighted by molar-refractivity contribution is -0.0279. The predicted molar refractivity (Wildman–Crippen MR) is 193 cm³/mol. The summed E-state index contributed by atoms with van der Waals surface area (Å²) in [6, 6.07) is 9.22. The number of aliphatic hydroxyl groups is 1. The fraction of sp³-hybridized carbons (Fsp3) is 0.371. The summed E-state index contributed by atoms with van der Waals surface area (Å²) in [5.41, 5.74) is 0.721. The van der Waals surface area contributed by atoms with Crippen molar-refractivity contribution in [2.75, 3.05) is 6.54 Å². The molecule has 280 valence electrons. The molecule has 2 aliphatic carbocycles. The molecule has 3 unspecified atom stereocenters. The Morgan fingerprint density at radius 2 is 1.89 bits per heavy atom. The molecule has 13 nitrogen and oxygen atoms in total. The number of rotatable bonds is 9. The van der Waals surface area contributed by atoms with E-state index in [4.69, 9.17) is 16.6 Å². The van der Waals surface area contributed by atoms with Crippen LogP contribution in [0.4, 0.5) is 13.2 Å². The average molecular weight is 797 g/mol. The SMILES string of the molecule is O=S(=O)(NC1CC2=C(c3ccn(C(F)F)n3)[C@H](c3ccc(F)cc3Cl)N=C(c3nccs3)N2C1)C1C2CCC1CC(O)(c1cn(-c3ccccn3)nn1)C2. The van der Waals surface area contributed by atoms with Crippen LogP contribution in [-0.4, -0.2) is 76.8 Å². The molecular formula is C35H32ClF3N10O3S2. The number of alkyl halides is 2. The Morgan fingerprint density at radius 1 is 1.07 bits per heavy atom. The van der Waals surface area contributed by atoms with Crippen LogP contribution in [-0.2, 0) is 15.6 Å². The number of thiazole rings is 1. The maximum absolute atomic E-state index is 14.4. The molecule has 9 rings (SSSR count). The second-order valence-corrected chi connectivity index (χ2v) is 17.3. The largest absolute Gasteiger partial charge is 0.383 e. The lowest BCUT2D eigenvalue weighted by Crippen LogP contribution is -2.50. The fourth-order valence-corrected chi connectivity index (χ4v) is 11.8. The van der Waals surface area contributed by atoms with E-state index in [2.05, 4.69) is 30.1 Å². The Morgan fingerprint density at radius 3 is 2.57 bits per heavy atom. The van der Waals surface area contributed by atoms with Crippen LogP contribution in [0.1, 0.15) is 66.7 Å². The number of nitrogens with zero attached hydrogens (tertiary/aromatic N) is 9. The van der Waals surface area contributed by atoms with Gasteiger partial charge in [-0.3, -0.25) is 4.99 Å². The van der Waals surface area contributed by atoms with Crippen LogP contribution in [0.15, 0.2) is 83.3 Å². The molecule has 0 spiro atoms. The zero-order chi connectivity index (χ0) is 37.4. The molecule has 1 saturated heterocycles. The zero-order valence-corrected chi connectivity index (χ0v) is 30.6. The van der Waals surface area contributed by atoms with Gasteiger partial charge in [0.15, 0.2) is 16.7 Å². The van der Waals surface area contributed by atoms with Crippen LogP contribution in [0, 0.1) is 17.7 Å². The highest BCUT2D eigenvalue weighted by Gasteiger charge is 2.56. The van der Waals surface area contributed by atoms with Gasteiger partial charge in [-0.15, -0.1) is 16.4 Å². The summed E-state index contributed by atoms with van der Waals surface area (Å²) in [6.07, 6.45) is 7.92. The highest BCUT2D eigenvalue weighted by Crippen LogP contribution is 2.53. The number of pyridine rings is 1. The first-order chi connectivity index (χ1) is 26.0. The molecule has 1 aromatic carbocycles. The highest BCUT2D eigenvalue weighted by molar-refractivity contribution is 7.90. The average Bonchev–Trinajstić information content (AvgIpc) is 3.98. The minimum absolute atomic E-state index is 0.0874. The maximum atomic E-state index is 14.4. The molecule has 2 bridgehead atoms. The van der Waals surface area contributed by atoms with Crippen molar-refractivity contribution in [2.45, 2.75) is 61.6 Å². The minimum Gasteiger partial charge on any atom is -0.383 e. The minimum atomic E-state index is -3.95. The molecule has 0 amide bonds. The molecule has 3 fully saturated rings. The van der Waals surface area contributed by atoms with E-state index >= 15 is 0 Å². The van der Waals surface area contributed by atoms with E-state index < -0.39 is 45.3 Å². The second kappa shape index (κ2) is 13.4. The first-order valence-electron chi connectivity index (χ1n) is 17.3. The van der Waals surface area contributed by atoms with Crippen LogP contribution in [0.2, 0.25) is 5.02 Å². The standard InChI is InChI=1S/C35H32ClF3N10O3S2/c36-24-13-21(37)6-7-23(24)30-29(25-8-11-48(44-25)34(38)39)26-14-22(17-47(26)32(42-30)33-41-10-12-53-33)45-54(51,52)31-19-4-5-20(31)16-35(50,15-19)27-18-49(46-43-27)28-3-1-2-9-40-28/h1-3,6-13,18-20,22,30-31,34,45,50H,4-5,14-17H2/t19?,20?,22?,30-,31?,35?/m0/s1. The molecule has 19 heteroatoms. The molecule has 4 atom stereocenters. The lowest BCUT2D eigenvalue weighted by Gasteiger charge is -2.40. The summed E-state index contributed by atoms with van der Waals surface area (Å²) in [5.74, 6) is -0.220. The van der Waals surface area contributed by atoms with E-state index in [1.807, 2.05) is 11.0 Å². The van der Waals surface area contributed by atoms with E-state index in [9.17, 15) is 26.7 Å². The number of fused-ring (bicyclic) bond motifs is 3. The van der Waals surface area contributed by atoms with Crippen molar-refractivity contribution in [3.05, 3.63) is 111 Å². The van der Waals surface area contributed by atoms with E-state index in [0.29, 0.717) is 56.7 Å². The van der Waals surface area contributed by atoms with Gasteiger partial charge in [-0.25, -0.2) is 36.9 Å². The van der Waals surface area contributed by atoms with Crippen molar-refractivity contribution in [3.63, 3.8) is 0 Å². The lowest BCUT2D eigenvalue weighted by atomic mass is 9.75. The van der Waals surface area contributed by atoms with Crippen molar-refractivity contribution < 1.29 is 26.7 Å². The van der Waals surface area contributed by atoms with Crippen molar-refractivity contribution in [1.29, 1.82) is 0 Å². The van der Waals surface area contributed by atoms with Gasteiger partial charge in [0, 0.05) is 64.8 Å². The van der Waals surface area contributed by atoms with Crippen LogP contribution in [0.25, 0.3) is 11.4 Å². The fourth-order valence-electron chi connectivity index (χ4n) is 8.67. The quantitative estimate of drug-likeness (QED) is 0.197. The van der Waals surface area contributed by atoms with Gasteiger partial charge in [0.25, 0.3) is 0 Å². The first kappa shape index (κ1) is 35.2. The zero-order valence-electron chi connectivity index (χ0n) is 28.3. The van der Waals surface area contributed by atoms with Gasteiger partial charge in [-0.05, 0) is 67.9 Å². The molecule has 4 aliphatic rings. The van der Waals surface area contributed by atoms with Gasteiger partial charge in [0.05, 0.1) is 17.1 Å². The summed E-state index contributed by atoms with van der Waals surface area (Å²) in [5, 5.41) is 26.2. The van der Waals surface area contributed by atoms with Crippen LogP contribution < -0.4 is 4.72 Å². The summed E-state index contributed by atoms with van der Waals surface area (Å²) >= 11 is 7.92. The number of hydrogen-bond acceptors (Lipinski definition) is 11. The number of aliphatic imine (C=N–C) groups is 1. The molecule has 2 saturated carbocycles. The van der Waals surface area contributed by atoms with Crippen molar-refractivity contribution >= 4 is 44.4 Å². The normalized spacial score (nSPS) is 26.8. The molecule has 2 aliphatic heterocycles. The van der Waals surface area contributed by atoms with Crippen LogP contribution in [0.3, 0.4) is 0 Å². The van der Waals surface area contributed by atoms with Gasteiger partial charge in [-0.2, -0.15) is 13.9 Å². The number of aromatic nitrogens is 7. The van der Waals surface area contributed by atoms with Gasteiger partial charge >= 0.3 is 6.55 Å². The van der Waals surface area contributed by atoms with E-state index in [0.717, 1.165) is 12.3 Å². The third-order valence-corrected chi connectivity index (χ3v) is 14.1. The molecule has 6 heterocycles. The summed E-state index contributed by atoms with van der Waals surface area (Å²) in [6.45, 7) is -2.72. The second-order valence-electron chi connectivity index (χ2n) is 14.1.